The number of ether oxygens (including phenoxy) is 7. The zero-order valence-electron chi connectivity index (χ0n) is 36.1. The predicted octanol–water partition coefficient (Wildman–Crippen LogP) is 6.60. The van der Waals surface area contributed by atoms with Gasteiger partial charge in [0.2, 0.25) is 5.79 Å². The minimum Gasteiger partial charge on any atom is -0.497 e. The summed E-state index contributed by atoms with van der Waals surface area (Å²) in [4.78, 5) is 34.8. The second kappa shape index (κ2) is 23.9. The van der Waals surface area contributed by atoms with Crippen molar-refractivity contribution in [3.63, 3.8) is 0 Å². The summed E-state index contributed by atoms with van der Waals surface area (Å²) in [7, 11) is 4.50. The number of oxime groups is 1. The number of allylic oxidation sites excluding steroid dienone is 1. The first kappa shape index (κ1) is 47.9. The molecule has 16 heteroatoms. The summed E-state index contributed by atoms with van der Waals surface area (Å²) in [6.45, 7) is 7.99. The summed E-state index contributed by atoms with van der Waals surface area (Å²) in [5.74, 6) is -0.946. The van der Waals surface area contributed by atoms with Crippen LogP contribution in [0.15, 0.2) is 78.5 Å². The minimum absolute atomic E-state index is 0.0135. The van der Waals surface area contributed by atoms with Crippen LogP contribution in [0.3, 0.4) is 0 Å². The molecule has 16 nitrogen and oxygen atoms in total. The van der Waals surface area contributed by atoms with Gasteiger partial charge in [-0.2, -0.15) is 0 Å². The molecule has 1 fully saturated rings. The van der Waals surface area contributed by atoms with Gasteiger partial charge in [-0.3, -0.25) is 10.2 Å². The molecule has 1 saturated carbocycles. The van der Waals surface area contributed by atoms with Crippen LogP contribution in [0.2, 0.25) is 0 Å². The fourth-order valence-electron chi connectivity index (χ4n) is 8.98. The quantitative estimate of drug-likeness (QED) is 0.0474. The van der Waals surface area contributed by atoms with Crippen LogP contribution in [-0.4, -0.2) is 124 Å². The van der Waals surface area contributed by atoms with Gasteiger partial charge < -0.3 is 53.3 Å². The average Bonchev–Trinajstić information content (AvgIpc) is 3.27. The molecule has 0 unspecified atom stereocenters. The standard InChI is InChI=1S/C46H63N3O13/c1-6-8-24-59-45(54)49(19-25-58-26-22-52)41-30-38(48-57-5)35-27-31(13-9-11-20-50)34(14-10-12-21-51)42-36-28-33(16-18-39(36)62-46(41,43(35)42)60-23-7-2)61-44(53)47-37-17-15-32(55-3)29-40(37)56-4/h6-7,15-18,27-29,31,34,41-43,50-52H,1-2,8-14,19-26,30H2,3-5H3,(H,47,53)/t31-,34+,41-,42+,43+,46+/m0/s1. The Hall–Kier alpha value is -5.13. The smallest absolute Gasteiger partial charge is 0.417 e. The van der Waals surface area contributed by atoms with Crippen LogP contribution in [0, 0.1) is 17.8 Å². The first-order valence-corrected chi connectivity index (χ1v) is 21.3. The Morgan fingerprint density at radius 1 is 0.935 bits per heavy atom. The lowest BCUT2D eigenvalue weighted by atomic mass is 9.55. The molecule has 1 heterocycles. The SMILES string of the molecule is C=CCCOC(=O)N(CCOCCO)[C@H]1CC(=NOC)C2=C[C@H](CCCCO)[C@@H](CCCCO)[C@@H]3c4cc(OC(=O)Nc5ccc(OC)cc5OC)ccc4O[C@@]1(OCC=C)[C@H]23. The van der Waals surface area contributed by atoms with Gasteiger partial charge in [0, 0.05) is 43.7 Å². The summed E-state index contributed by atoms with van der Waals surface area (Å²) in [6, 6.07) is 9.35. The number of rotatable bonds is 25. The maximum absolute atomic E-state index is 14.3. The highest BCUT2D eigenvalue weighted by Gasteiger charge is 2.65. The second-order valence-electron chi connectivity index (χ2n) is 15.3. The van der Waals surface area contributed by atoms with E-state index < -0.39 is 29.9 Å². The first-order chi connectivity index (χ1) is 30.2. The van der Waals surface area contributed by atoms with Crippen LogP contribution in [0.5, 0.6) is 23.0 Å². The maximum Gasteiger partial charge on any atom is 0.417 e. The number of aliphatic hydroxyl groups is 3. The number of anilines is 1. The Bertz CT molecular complexity index is 1870. The van der Waals surface area contributed by atoms with Gasteiger partial charge in [-0.25, -0.2) is 9.59 Å². The van der Waals surface area contributed by atoms with Gasteiger partial charge in [-0.1, -0.05) is 36.2 Å². The second-order valence-corrected chi connectivity index (χ2v) is 15.3. The lowest BCUT2D eigenvalue weighted by molar-refractivity contribution is -0.256. The molecule has 0 radical (unpaired) electrons. The highest BCUT2D eigenvalue weighted by Crippen LogP contribution is 2.62. The summed E-state index contributed by atoms with van der Waals surface area (Å²) >= 11 is 0. The van der Waals surface area contributed by atoms with Crippen molar-refractivity contribution in [1.29, 1.82) is 0 Å². The van der Waals surface area contributed by atoms with Crippen molar-refractivity contribution in [2.75, 3.05) is 79.4 Å². The van der Waals surface area contributed by atoms with E-state index in [0.717, 1.165) is 30.4 Å². The molecule has 0 bridgehead atoms. The molecule has 2 amide bonds. The molecule has 0 spiro atoms. The van der Waals surface area contributed by atoms with Crippen molar-refractivity contribution >= 4 is 23.6 Å². The highest BCUT2D eigenvalue weighted by molar-refractivity contribution is 6.03. The maximum atomic E-state index is 14.3. The number of hydrogen-bond donors (Lipinski definition) is 4. The van der Waals surface area contributed by atoms with Gasteiger partial charge in [-0.15, -0.1) is 13.2 Å². The molecular weight excluding hydrogens is 803 g/mol. The van der Waals surface area contributed by atoms with Crippen molar-refractivity contribution in [3.05, 3.63) is 78.9 Å². The number of benzene rings is 2. The summed E-state index contributed by atoms with van der Waals surface area (Å²) in [5.41, 5.74) is 2.57. The van der Waals surface area contributed by atoms with E-state index in [1.807, 2.05) is 6.07 Å². The number of carbonyl (C=O) groups is 2. The van der Waals surface area contributed by atoms with Gasteiger partial charge in [0.15, 0.2) is 0 Å². The van der Waals surface area contributed by atoms with Crippen molar-refractivity contribution in [3.8, 4) is 23.0 Å². The monoisotopic (exact) mass is 865 g/mol. The number of nitrogens with zero attached hydrogens (tertiary/aromatic N) is 2. The van der Waals surface area contributed by atoms with E-state index in [9.17, 15) is 24.9 Å². The Morgan fingerprint density at radius 2 is 1.71 bits per heavy atom. The van der Waals surface area contributed by atoms with Crippen molar-refractivity contribution in [1.82, 2.24) is 4.90 Å². The van der Waals surface area contributed by atoms with E-state index >= 15 is 0 Å². The number of unbranched alkanes of at least 4 members (excludes halogenated alkanes) is 2. The zero-order chi connectivity index (χ0) is 44.5. The number of hydrogen-bond acceptors (Lipinski definition) is 14. The third kappa shape index (κ3) is 11.3. The van der Waals surface area contributed by atoms with Crippen molar-refractivity contribution in [2.24, 2.45) is 22.9 Å². The van der Waals surface area contributed by atoms with Crippen LogP contribution >= 0.6 is 0 Å². The van der Waals surface area contributed by atoms with E-state index in [0.29, 0.717) is 54.3 Å². The predicted molar refractivity (Wildman–Crippen MR) is 232 cm³/mol. The molecule has 1 aliphatic heterocycles. The summed E-state index contributed by atoms with van der Waals surface area (Å²) in [5, 5.41) is 36.6. The van der Waals surface area contributed by atoms with E-state index in [4.69, 9.17) is 38.0 Å². The minimum atomic E-state index is -1.55. The fraction of sp³-hybridized carbons (Fsp3) is 0.543. The number of methoxy groups -OCH3 is 2. The number of nitrogens with one attached hydrogen (secondary N) is 1. The molecule has 62 heavy (non-hydrogen) atoms. The first-order valence-electron chi connectivity index (χ1n) is 21.3. The Kier molecular flexibility index (Phi) is 18.5. The lowest BCUT2D eigenvalue weighted by Gasteiger charge is -2.59. The molecule has 2 aromatic carbocycles. The molecular formula is C46H63N3O13. The van der Waals surface area contributed by atoms with Crippen molar-refractivity contribution < 1.29 is 62.9 Å². The third-order valence-corrected chi connectivity index (χ3v) is 11.6. The van der Waals surface area contributed by atoms with E-state index in [1.165, 1.54) is 21.3 Å². The van der Waals surface area contributed by atoms with Crippen LogP contribution in [-0.2, 0) is 19.0 Å². The van der Waals surface area contributed by atoms with Crippen LogP contribution in [0.4, 0.5) is 15.3 Å². The van der Waals surface area contributed by atoms with Gasteiger partial charge >= 0.3 is 12.2 Å². The average molecular weight is 866 g/mol. The van der Waals surface area contributed by atoms with Crippen LogP contribution in [0.25, 0.3) is 0 Å². The molecule has 4 N–H and O–H groups in total. The molecule has 0 saturated heterocycles. The van der Waals surface area contributed by atoms with Gasteiger partial charge in [0.25, 0.3) is 0 Å². The van der Waals surface area contributed by atoms with E-state index in [1.54, 1.807) is 47.4 Å². The van der Waals surface area contributed by atoms with Crippen LogP contribution in [0.1, 0.15) is 62.8 Å². The third-order valence-electron chi connectivity index (χ3n) is 11.6. The van der Waals surface area contributed by atoms with Gasteiger partial charge in [-0.05, 0) is 79.8 Å². The summed E-state index contributed by atoms with van der Waals surface area (Å²) in [6.07, 6.45) is 8.88. The molecule has 2 aromatic rings. The molecule has 5 rings (SSSR count). The number of carbonyl (C=O) groups excluding carboxylic acids is 2. The molecule has 6 atom stereocenters. The normalized spacial score (nSPS) is 22.8. The lowest BCUT2D eigenvalue weighted by Crippen LogP contribution is -2.70. The van der Waals surface area contributed by atoms with Gasteiger partial charge in [0.05, 0.1) is 64.6 Å². The largest absolute Gasteiger partial charge is 0.497 e. The molecule has 0 aromatic heterocycles. The highest BCUT2D eigenvalue weighted by atomic mass is 16.7. The Balaban J connectivity index is 1.69. The van der Waals surface area contributed by atoms with E-state index in [2.05, 4.69) is 29.7 Å². The fourth-order valence-corrected chi connectivity index (χ4v) is 8.98. The summed E-state index contributed by atoms with van der Waals surface area (Å²) < 4.78 is 42.3. The number of fused-ring (bicyclic) bond motifs is 2. The van der Waals surface area contributed by atoms with Gasteiger partial charge in [0.1, 0.15) is 36.1 Å². The molecule has 2 aliphatic carbocycles. The van der Waals surface area contributed by atoms with E-state index in [-0.39, 0.29) is 82.7 Å². The topological polar surface area (TPSA) is 196 Å². The number of amides is 2. The molecule has 340 valence electrons. The molecule has 3 aliphatic rings. The van der Waals surface area contributed by atoms with Crippen LogP contribution < -0.4 is 24.3 Å². The zero-order valence-corrected chi connectivity index (χ0v) is 36.1. The Labute approximate surface area is 364 Å². The van der Waals surface area contributed by atoms with Crippen molar-refractivity contribution in [2.45, 2.75) is 69.1 Å². The number of aliphatic hydroxyl groups excluding tert-OH is 3. The Morgan fingerprint density at radius 3 is 2.40 bits per heavy atom.